The summed E-state index contributed by atoms with van der Waals surface area (Å²) in [6.07, 6.45) is 7.38. The van der Waals surface area contributed by atoms with Crippen molar-refractivity contribution in [3.63, 3.8) is 0 Å². The second-order valence-corrected chi connectivity index (χ2v) is 4.88. The quantitative estimate of drug-likeness (QED) is 0.838. The third-order valence-electron chi connectivity index (χ3n) is 3.27. The Balaban J connectivity index is 1.91. The van der Waals surface area contributed by atoms with Crippen LogP contribution in [-0.4, -0.2) is 36.6 Å². The molecule has 4 nitrogen and oxygen atoms in total. The molecule has 0 bridgehead atoms. The predicted octanol–water partition coefficient (Wildman–Crippen LogP) is 1.47. The van der Waals surface area contributed by atoms with Crippen molar-refractivity contribution < 1.29 is 0 Å². The van der Waals surface area contributed by atoms with Gasteiger partial charge in [-0.1, -0.05) is 13.3 Å². The summed E-state index contributed by atoms with van der Waals surface area (Å²) in [5.74, 6) is 1.58. The minimum absolute atomic E-state index is 0.735. The molecule has 0 aliphatic carbocycles. The fraction of sp³-hybridized carbons (Fsp3) is 0.692. The van der Waals surface area contributed by atoms with Crippen LogP contribution in [0.2, 0.25) is 0 Å². The number of hydrogen-bond donors (Lipinski definition) is 1. The molecule has 1 fully saturated rings. The Kier molecular flexibility index (Phi) is 4.31. The summed E-state index contributed by atoms with van der Waals surface area (Å²) in [6.45, 7) is 5.49. The third-order valence-corrected chi connectivity index (χ3v) is 3.27. The number of nitrogens with one attached hydrogen (secondary N) is 1. The number of hydrogen-bond acceptors (Lipinski definition) is 4. The normalized spacial score (nSPS) is 19.5. The molecule has 1 N–H and O–H groups in total. The molecule has 2 rings (SSSR count). The third kappa shape index (κ3) is 3.40. The van der Waals surface area contributed by atoms with Crippen LogP contribution in [0.5, 0.6) is 0 Å². The van der Waals surface area contributed by atoms with Gasteiger partial charge < -0.3 is 10.2 Å². The fourth-order valence-electron chi connectivity index (χ4n) is 2.30. The van der Waals surface area contributed by atoms with E-state index in [4.69, 9.17) is 0 Å². The molecule has 0 saturated carbocycles. The van der Waals surface area contributed by atoms with Crippen LogP contribution in [0.3, 0.4) is 0 Å². The second-order valence-electron chi connectivity index (χ2n) is 4.88. The predicted molar refractivity (Wildman–Crippen MR) is 70.3 cm³/mol. The van der Waals surface area contributed by atoms with Crippen LogP contribution in [0.1, 0.15) is 25.3 Å². The maximum atomic E-state index is 4.43. The largest absolute Gasteiger partial charge is 0.344 e. The first-order valence-corrected chi connectivity index (χ1v) is 6.52. The lowest BCUT2D eigenvalue weighted by molar-refractivity contribution is 0.572. The van der Waals surface area contributed by atoms with Gasteiger partial charge in [0.2, 0.25) is 5.95 Å². The van der Waals surface area contributed by atoms with E-state index in [9.17, 15) is 0 Å². The molecule has 1 atom stereocenters. The summed E-state index contributed by atoms with van der Waals surface area (Å²) in [4.78, 5) is 11.0. The molecule has 0 aromatic carbocycles. The van der Waals surface area contributed by atoms with Gasteiger partial charge in [-0.2, -0.15) is 0 Å². The minimum Gasteiger partial charge on any atom is -0.344 e. The van der Waals surface area contributed by atoms with E-state index >= 15 is 0 Å². The highest BCUT2D eigenvalue weighted by atomic mass is 15.2. The number of nitrogens with zero attached hydrogens (tertiary/aromatic N) is 3. The summed E-state index contributed by atoms with van der Waals surface area (Å²) in [5.41, 5.74) is 1.23. The van der Waals surface area contributed by atoms with E-state index < -0.39 is 0 Å². The summed E-state index contributed by atoms with van der Waals surface area (Å²) in [7, 11) is 2.08. The molecule has 94 valence electrons. The summed E-state index contributed by atoms with van der Waals surface area (Å²) in [5, 5.41) is 3.39. The maximum absolute atomic E-state index is 4.43. The lowest BCUT2D eigenvalue weighted by atomic mass is 10.1. The first-order valence-electron chi connectivity index (χ1n) is 6.52. The van der Waals surface area contributed by atoms with Crippen LogP contribution < -0.4 is 10.2 Å². The van der Waals surface area contributed by atoms with Crippen molar-refractivity contribution in [1.29, 1.82) is 0 Å². The minimum atomic E-state index is 0.735. The zero-order valence-electron chi connectivity index (χ0n) is 10.8. The summed E-state index contributed by atoms with van der Waals surface area (Å²) in [6, 6.07) is 0. The van der Waals surface area contributed by atoms with E-state index in [-0.39, 0.29) is 0 Å². The monoisotopic (exact) mass is 234 g/mol. The van der Waals surface area contributed by atoms with Gasteiger partial charge in [0.1, 0.15) is 0 Å². The van der Waals surface area contributed by atoms with E-state index in [2.05, 4.69) is 34.2 Å². The average Bonchev–Trinajstić information content (AvgIpc) is 2.83. The molecule has 1 aromatic rings. The Morgan fingerprint density at radius 2 is 2.18 bits per heavy atom. The van der Waals surface area contributed by atoms with E-state index in [1.54, 1.807) is 0 Å². The molecule has 0 radical (unpaired) electrons. The summed E-state index contributed by atoms with van der Waals surface area (Å²) < 4.78 is 0. The van der Waals surface area contributed by atoms with E-state index in [0.717, 1.165) is 44.3 Å². The van der Waals surface area contributed by atoms with Crippen molar-refractivity contribution in [2.75, 3.05) is 31.6 Å². The molecule has 1 aliphatic heterocycles. The van der Waals surface area contributed by atoms with Crippen molar-refractivity contribution in [2.24, 2.45) is 5.92 Å². The lowest BCUT2D eigenvalue weighted by Gasteiger charge is -2.20. The van der Waals surface area contributed by atoms with E-state index in [1.807, 2.05) is 12.4 Å². The zero-order valence-corrected chi connectivity index (χ0v) is 10.8. The molecule has 4 heteroatoms. The molecule has 0 amide bonds. The fourth-order valence-corrected chi connectivity index (χ4v) is 2.30. The molecule has 1 aliphatic rings. The van der Waals surface area contributed by atoms with Gasteiger partial charge in [-0.25, -0.2) is 9.97 Å². The van der Waals surface area contributed by atoms with Crippen molar-refractivity contribution >= 4 is 5.95 Å². The van der Waals surface area contributed by atoms with E-state index in [0.29, 0.717) is 0 Å². The molecular weight excluding hydrogens is 212 g/mol. The highest BCUT2D eigenvalue weighted by molar-refractivity contribution is 5.28. The number of anilines is 1. The molecule has 2 heterocycles. The highest BCUT2D eigenvalue weighted by Crippen LogP contribution is 2.13. The van der Waals surface area contributed by atoms with Crippen LogP contribution in [0, 0.1) is 5.92 Å². The van der Waals surface area contributed by atoms with Gasteiger partial charge in [-0.3, -0.25) is 0 Å². The molecule has 1 saturated heterocycles. The molecule has 1 unspecified atom stereocenters. The average molecular weight is 234 g/mol. The first kappa shape index (κ1) is 12.3. The zero-order chi connectivity index (χ0) is 12.1. The standard InChI is InChI=1S/C13H22N4/c1-3-4-11-8-15-13(16-9-11)17(2)10-12-5-6-14-7-12/h8-9,12,14H,3-7,10H2,1-2H3. The lowest BCUT2D eigenvalue weighted by Crippen LogP contribution is -2.28. The Hall–Kier alpha value is -1.16. The van der Waals surface area contributed by atoms with Gasteiger partial charge >= 0.3 is 0 Å². The molecule has 17 heavy (non-hydrogen) atoms. The van der Waals surface area contributed by atoms with Crippen LogP contribution >= 0.6 is 0 Å². The topological polar surface area (TPSA) is 41.1 Å². The number of rotatable bonds is 5. The van der Waals surface area contributed by atoms with Gasteiger partial charge in [0.25, 0.3) is 0 Å². The van der Waals surface area contributed by atoms with Crippen molar-refractivity contribution in [3.05, 3.63) is 18.0 Å². The van der Waals surface area contributed by atoms with Crippen molar-refractivity contribution in [2.45, 2.75) is 26.2 Å². The van der Waals surface area contributed by atoms with Crippen molar-refractivity contribution in [3.8, 4) is 0 Å². The SMILES string of the molecule is CCCc1cnc(N(C)CC2CCNC2)nc1. The Morgan fingerprint density at radius 1 is 1.41 bits per heavy atom. The Morgan fingerprint density at radius 3 is 2.76 bits per heavy atom. The van der Waals surface area contributed by atoms with Crippen molar-refractivity contribution in [1.82, 2.24) is 15.3 Å². The van der Waals surface area contributed by atoms with Crippen LogP contribution in [0.4, 0.5) is 5.95 Å². The van der Waals surface area contributed by atoms with Gasteiger partial charge in [-0.15, -0.1) is 0 Å². The summed E-state index contributed by atoms with van der Waals surface area (Å²) >= 11 is 0. The smallest absolute Gasteiger partial charge is 0.225 e. The number of aromatic nitrogens is 2. The first-order chi connectivity index (χ1) is 8.29. The second kappa shape index (κ2) is 5.96. The maximum Gasteiger partial charge on any atom is 0.225 e. The van der Waals surface area contributed by atoms with Gasteiger partial charge in [0.15, 0.2) is 0 Å². The van der Waals surface area contributed by atoms with Crippen LogP contribution in [0.25, 0.3) is 0 Å². The molecule has 1 aromatic heterocycles. The van der Waals surface area contributed by atoms with Gasteiger partial charge in [0.05, 0.1) is 0 Å². The van der Waals surface area contributed by atoms with Crippen LogP contribution in [0.15, 0.2) is 12.4 Å². The van der Waals surface area contributed by atoms with Crippen LogP contribution in [-0.2, 0) is 6.42 Å². The number of aryl methyl sites for hydroxylation is 1. The molecular formula is C13H22N4. The Labute approximate surface area is 103 Å². The van der Waals surface area contributed by atoms with Gasteiger partial charge in [0, 0.05) is 26.0 Å². The Bertz CT molecular complexity index is 330. The van der Waals surface area contributed by atoms with Gasteiger partial charge in [-0.05, 0) is 37.4 Å². The van der Waals surface area contributed by atoms with E-state index in [1.165, 1.54) is 12.0 Å². The molecule has 0 spiro atoms. The highest BCUT2D eigenvalue weighted by Gasteiger charge is 2.17.